The van der Waals surface area contributed by atoms with E-state index >= 15 is 0 Å². The van der Waals surface area contributed by atoms with Gasteiger partial charge in [-0.25, -0.2) is 4.39 Å². The smallest absolute Gasteiger partial charge is 0.127 e. The molecule has 0 amide bonds. The highest BCUT2D eigenvalue weighted by atomic mass is 19.1. The molecule has 1 saturated heterocycles. The quantitative estimate of drug-likeness (QED) is 0.814. The number of piperazine rings is 1. The number of hydrogen-bond acceptors (Lipinski definition) is 2. The summed E-state index contributed by atoms with van der Waals surface area (Å²) in [4.78, 5) is 4.85. The maximum atomic E-state index is 13.8. The molecule has 0 spiro atoms. The number of nitrogens with zero attached hydrogens (tertiary/aromatic N) is 2. The van der Waals surface area contributed by atoms with E-state index in [1.54, 1.807) is 12.1 Å². The Kier molecular flexibility index (Phi) is 4.36. The molecule has 1 aromatic carbocycles. The van der Waals surface area contributed by atoms with E-state index in [9.17, 15) is 4.39 Å². The standard InChI is InChI=1S/C15H23FN2/c1-12(2)17-8-10-18(11-9-17)13(3)14-6-4-5-7-15(14)16/h4-7,12-13H,8-11H2,1-3H3. The van der Waals surface area contributed by atoms with Crippen LogP contribution in [0, 0.1) is 5.82 Å². The van der Waals surface area contributed by atoms with Crippen molar-refractivity contribution in [3.63, 3.8) is 0 Å². The Labute approximate surface area is 109 Å². The van der Waals surface area contributed by atoms with Crippen LogP contribution in [0.1, 0.15) is 32.4 Å². The zero-order chi connectivity index (χ0) is 13.1. The van der Waals surface area contributed by atoms with E-state index in [1.165, 1.54) is 0 Å². The van der Waals surface area contributed by atoms with E-state index in [4.69, 9.17) is 0 Å². The van der Waals surface area contributed by atoms with Crippen molar-refractivity contribution < 1.29 is 4.39 Å². The van der Waals surface area contributed by atoms with Crippen LogP contribution in [-0.2, 0) is 0 Å². The van der Waals surface area contributed by atoms with Crippen LogP contribution in [-0.4, -0.2) is 42.0 Å². The van der Waals surface area contributed by atoms with Gasteiger partial charge in [-0.1, -0.05) is 18.2 Å². The fourth-order valence-corrected chi connectivity index (χ4v) is 2.65. The fourth-order valence-electron chi connectivity index (χ4n) is 2.65. The molecule has 2 rings (SSSR count). The van der Waals surface area contributed by atoms with Crippen LogP contribution < -0.4 is 0 Å². The van der Waals surface area contributed by atoms with Gasteiger partial charge in [0, 0.05) is 43.8 Å². The minimum absolute atomic E-state index is 0.0868. The lowest BCUT2D eigenvalue weighted by molar-refractivity contribution is 0.0823. The number of rotatable bonds is 3. The van der Waals surface area contributed by atoms with Crippen molar-refractivity contribution in [1.29, 1.82) is 0 Å². The number of hydrogen-bond donors (Lipinski definition) is 0. The lowest BCUT2D eigenvalue weighted by Gasteiger charge is -2.40. The largest absolute Gasteiger partial charge is 0.298 e. The van der Waals surface area contributed by atoms with Crippen molar-refractivity contribution in [2.45, 2.75) is 32.9 Å². The molecule has 18 heavy (non-hydrogen) atoms. The highest BCUT2D eigenvalue weighted by molar-refractivity contribution is 5.20. The van der Waals surface area contributed by atoms with Gasteiger partial charge in [-0.3, -0.25) is 9.80 Å². The molecule has 2 nitrogen and oxygen atoms in total. The molecule has 0 radical (unpaired) electrons. The summed E-state index contributed by atoms with van der Waals surface area (Å²) >= 11 is 0. The van der Waals surface area contributed by atoms with Crippen molar-refractivity contribution >= 4 is 0 Å². The van der Waals surface area contributed by atoms with Crippen molar-refractivity contribution in [3.05, 3.63) is 35.6 Å². The minimum atomic E-state index is -0.0868. The number of halogens is 1. The van der Waals surface area contributed by atoms with E-state index < -0.39 is 0 Å². The topological polar surface area (TPSA) is 6.48 Å². The van der Waals surface area contributed by atoms with Crippen molar-refractivity contribution in [2.75, 3.05) is 26.2 Å². The second-order valence-electron chi connectivity index (χ2n) is 5.36. The molecule has 1 fully saturated rings. The summed E-state index contributed by atoms with van der Waals surface area (Å²) in [6, 6.07) is 7.89. The van der Waals surface area contributed by atoms with Gasteiger partial charge in [0.15, 0.2) is 0 Å². The van der Waals surface area contributed by atoms with E-state index in [0.717, 1.165) is 31.7 Å². The van der Waals surface area contributed by atoms with Gasteiger partial charge in [0.05, 0.1) is 0 Å². The van der Waals surface area contributed by atoms with Gasteiger partial charge in [-0.15, -0.1) is 0 Å². The Morgan fingerprint density at radius 3 is 2.06 bits per heavy atom. The lowest BCUT2D eigenvalue weighted by atomic mass is 10.1. The first-order chi connectivity index (χ1) is 8.59. The van der Waals surface area contributed by atoms with Gasteiger partial charge < -0.3 is 0 Å². The molecule has 1 aliphatic rings. The maximum absolute atomic E-state index is 13.8. The summed E-state index contributed by atoms with van der Waals surface area (Å²) < 4.78 is 13.8. The second kappa shape index (κ2) is 5.81. The predicted octanol–water partition coefficient (Wildman–Crippen LogP) is 2.91. The molecule has 0 aliphatic carbocycles. The molecule has 1 aromatic rings. The van der Waals surface area contributed by atoms with Gasteiger partial charge in [0.1, 0.15) is 5.82 Å². The Morgan fingerprint density at radius 1 is 0.944 bits per heavy atom. The van der Waals surface area contributed by atoms with Crippen LogP contribution in [0.5, 0.6) is 0 Å². The van der Waals surface area contributed by atoms with Crippen LogP contribution in [0.2, 0.25) is 0 Å². The first-order valence-corrected chi connectivity index (χ1v) is 6.82. The molecular formula is C15H23FN2. The van der Waals surface area contributed by atoms with Gasteiger partial charge in [0.25, 0.3) is 0 Å². The van der Waals surface area contributed by atoms with E-state index in [0.29, 0.717) is 6.04 Å². The molecular weight excluding hydrogens is 227 g/mol. The Morgan fingerprint density at radius 2 is 1.50 bits per heavy atom. The third-order valence-electron chi connectivity index (χ3n) is 3.98. The van der Waals surface area contributed by atoms with E-state index in [-0.39, 0.29) is 11.9 Å². The highest BCUT2D eigenvalue weighted by Crippen LogP contribution is 2.24. The van der Waals surface area contributed by atoms with Gasteiger partial charge >= 0.3 is 0 Å². The molecule has 0 aromatic heterocycles. The third kappa shape index (κ3) is 2.90. The monoisotopic (exact) mass is 250 g/mol. The van der Waals surface area contributed by atoms with E-state index in [1.807, 2.05) is 12.1 Å². The molecule has 1 aliphatic heterocycles. The molecule has 1 atom stereocenters. The Balaban J connectivity index is 2.00. The van der Waals surface area contributed by atoms with Gasteiger partial charge in [0.2, 0.25) is 0 Å². The van der Waals surface area contributed by atoms with Crippen molar-refractivity contribution in [2.24, 2.45) is 0 Å². The maximum Gasteiger partial charge on any atom is 0.127 e. The summed E-state index contributed by atoms with van der Waals surface area (Å²) in [6.07, 6.45) is 0. The number of benzene rings is 1. The van der Waals surface area contributed by atoms with Crippen LogP contribution in [0.25, 0.3) is 0 Å². The lowest BCUT2D eigenvalue weighted by Crippen LogP contribution is -2.49. The Bertz CT molecular complexity index is 384. The minimum Gasteiger partial charge on any atom is -0.298 e. The fraction of sp³-hybridized carbons (Fsp3) is 0.600. The zero-order valence-electron chi connectivity index (χ0n) is 11.6. The summed E-state index contributed by atoms with van der Waals surface area (Å²) in [5, 5.41) is 0. The van der Waals surface area contributed by atoms with Crippen LogP contribution in [0.15, 0.2) is 24.3 Å². The summed E-state index contributed by atoms with van der Waals surface area (Å²) in [6.45, 7) is 10.8. The summed E-state index contributed by atoms with van der Waals surface area (Å²) in [7, 11) is 0. The average molecular weight is 250 g/mol. The van der Waals surface area contributed by atoms with Gasteiger partial charge in [-0.05, 0) is 26.8 Å². The SMILES string of the molecule is CC(C)N1CCN(C(C)c2ccccc2F)CC1. The average Bonchev–Trinajstić information content (AvgIpc) is 2.38. The third-order valence-corrected chi connectivity index (χ3v) is 3.98. The first-order valence-electron chi connectivity index (χ1n) is 6.82. The molecule has 1 heterocycles. The molecule has 0 bridgehead atoms. The molecule has 3 heteroatoms. The normalized spacial score (nSPS) is 20.3. The molecule has 1 unspecified atom stereocenters. The van der Waals surface area contributed by atoms with Crippen LogP contribution in [0.3, 0.4) is 0 Å². The first kappa shape index (κ1) is 13.5. The van der Waals surface area contributed by atoms with Crippen molar-refractivity contribution in [3.8, 4) is 0 Å². The summed E-state index contributed by atoms with van der Waals surface area (Å²) in [5.74, 6) is -0.0868. The molecule has 100 valence electrons. The molecule has 0 N–H and O–H groups in total. The van der Waals surface area contributed by atoms with Crippen LogP contribution >= 0.6 is 0 Å². The van der Waals surface area contributed by atoms with Crippen molar-refractivity contribution in [1.82, 2.24) is 9.80 Å². The van der Waals surface area contributed by atoms with Gasteiger partial charge in [-0.2, -0.15) is 0 Å². The summed E-state index contributed by atoms with van der Waals surface area (Å²) in [5.41, 5.74) is 0.815. The van der Waals surface area contributed by atoms with E-state index in [2.05, 4.69) is 30.6 Å². The zero-order valence-corrected chi connectivity index (χ0v) is 11.6. The predicted molar refractivity (Wildman–Crippen MR) is 73.1 cm³/mol. The van der Waals surface area contributed by atoms with Crippen LogP contribution in [0.4, 0.5) is 4.39 Å². The Hall–Kier alpha value is -0.930. The highest BCUT2D eigenvalue weighted by Gasteiger charge is 2.24. The second-order valence-corrected chi connectivity index (χ2v) is 5.36. The molecule has 0 saturated carbocycles.